The van der Waals surface area contributed by atoms with E-state index < -0.39 is 0 Å². The van der Waals surface area contributed by atoms with Crippen LogP contribution in [-0.4, -0.2) is 12.5 Å². The van der Waals surface area contributed by atoms with Crippen molar-refractivity contribution in [1.82, 2.24) is 5.32 Å². The summed E-state index contributed by atoms with van der Waals surface area (Å²) in [6, 6.07) is 15.4. The molecule has 2 aromatic rings. The molecular weight excluding hydrogens is 284 g/mol. The van der Waals surface area contributed by atoms with Crippen LogP contribution in [0.5, 0.6) is 0 Å². The van der Waals surface area contributed by atoms with Crippen LogP contribution in [0.4, 0.5) is 5.69 Å². The first-order chi connectivity index (χ1) is 10.1. The van der Waals surface area contributed by atoms with E-state index in [2.05, 4.69) is 10.6 Å². The Bertz CT molecular complexity index is 628. The number of nitrogens with one attached hydrogen (secondary N) is 2. The smallest absolute Gasteiger partial charge is 0.238 e. The van der Waals surface area contributed by atoms with Crippen molar-refractivity contribution in [2.45, 2.75) is 19.9 Å². The summed E-state index contributed by atoms with van der Waals surface area (Å²) in [5.74, 6) is -0.0572. The highest BCUT2D eigenvalue weighted by Crippen LogP contribution is 2.17. The van der Waals surface area contributed by atoms with Crippen molar-refractivity contribution in [1.29, 1.82) is 0 Å². The lowest BCUT2D eigenvalue weighted by Gasteiger charge is -2.15. The highest BCUT2D eigenvalue weighted by Gasteiger charge is 2.09. The molecule has 21 heavy (non-hydrogen) atoms. The molecule has 0 fully saturated rings. The van der Waals surface area contributed by atoms with E-state index in [1.807, 2.05) is 62.4 Å². The molecule has 0 aliphatic carbocycles. The second-order valence-corrected chi connectivity index (χ2v) is 5.46. The second kappa shape index (κ2) is 7.25. The molecule has 0 bridgehead atoms. The van der Waals surface area contributed by atoms with Gasteiger partial charge in [-0.1, -0.05) is 41.9 Å². The van der Waals surface area contributed by atoms with Crippen LogP contribution in [0.1, 0.15) is 24.1 Å². The van der Waals surface area contributed by atoms with Gasteiger partial charge in [0, 0.05) is 16.8 Å². The fourth-order valence-electron chi connectivity index (χ4n) is 2.05. The number of anilines is 1. The SMILES string of the molecule is Cc1ccccc1NC(=O)CN[C@@H](C)c1cccc(Cl)c1. The van der Waals surface area contributed by atoms with E-state index >= 15 is 0 Å². The van der Waals surface area contributed by atoms with Gasteiger partial charge in [0.1, 0.15) is 0 Å². The van der Waals surface area contributed by atoms with Gasteiger partial charge in [0.2, 0.25) is 5.91 Å². The number of halogens is 1. The number of hydrogen-bond donors (Lipinski definition) is 2. The van der Waals surface area contributed by atoms with Crippen LogP contribution in [0.25, 0.3) is 0 Å². The van der Waals surface area contributed by atoms with E-state index in [4.69, 9.17) is 11.6 Å². The summed E-state index contributed by atoms with van der Waals surface area (Å²) in [6.07, 6.45) is 0. The summed E-state index contributed by atoms with van der Waals surface area (Å²) in [4.78, 5) is 12.0. The summed E-state index contributed by atoms with van der Waals surface area (Å²) in [5, 5.41) is 6.80. The van der Waals surface area contributed by atoms with Crippen molar-refractivity contribution in [2.75, 3.05) is 11.9 Å². The third-order valence-electron chi connectivity index (χ3n) is 3.34. The molecule has 2 aromatic carbocycles. The average Bonchev–Trinajstić information content (AvgIpc) is 2.47. The minimum absolute atomic E-state index is 0.0572. The van der Waals surface area contributed by atoms with Gasteiger partial charge in [-0.3, -0.25) is 4.79 Å². The van der Waals surface area contributed by atoms with E-state index in [1.165, 1.54) is 0 Å². The molecule has 0 radical (unpaired) electrons. The predicted molar refractivity (Wildman–Crippen MR) is 87.7 cm³/mol. The summed E-state index contributed by atoms with van der Waals surface area (Å²) >= 11 is 5.97. The topological polar surface area (TPSA) is 41.1 Å². The molecule has 0 aliphatic rings. The Morgan fingerprint density at radius 1 is 1.19 bits per heavy atom. The Kier molecular flexibility index (Phi) is 5.37. The van der Waals surface area contributed by atoms with Gasteiger partial charge in [0.25, 0.3) is 0 Å². The number of carbonyl (C=O) groups excluding carboxylic acids is 1. The lowest BCUT2D eigenvalue weighted by molar-refractivity contribution is -0.115. The Labute approximate surface area is 130 Å². The van der Waals surface area contributed by atoms with Crippen LogP contribution in [0, 0.1) is 6.92 Å². The predicted octanol–water partition coefficient (Wildman–Crippen LogP) is 3.94. The molecule has 4 heteroatoms. The summed E-state index contributed by atoms with van der Waals surface area (Å²) in [7, 11) is 0. The molecule has 2 N–H and O–H groups in total. The molecule has 3 nitrogen and oxygen atoms in total. The van der Waals surface area contributed by atoms with E-state index in [0.29, 0.717) is 5.02 Å². The van der Waals surface area contributed by atoms with Crippen molar-refractivity contribution < 1.29 is 4.79 Å². The van der Waals surface area contributed by atoms with Crippen LogP contribution in [0.2, 0.25) is 5.02 Å². The van der Waals surface area contributed by atoms with Crippen molar-refractivity contribution in [3.05, 3.63) is 64.7 Å². The first-order valence-electron chi connectivity index (χ1n) is 6.90. The fourth-order valence-corrected chi connectivity index (χ4v) is 2.25. The van der Waals surface area contributed by atoms with E-state index in [9.17, 15) is 4.79 Å². The molecule has 0 saturated heterocycles. The van der Waals surface area contributed by atoms with Crippen molar-refractivity contribution >= 4 is 23.2 Å². The molecule has 0 heterocycles. The first kappa shape index (κ1) is 15.5. The van der Waals surface area contributed by atoms with Gasteiger partial charge in [-0.05, 0) is 43.2 Å². The highest BCUT2D eigenvalue weighted by molar-refractivity contribution is 6.30. The summed E-state index contributed by atoms with van der Waals surface area (Å²) < 4.78 is 0. The Hall–Kier alpha value is -1.84. The standard InChI is InChI=1S/C17H19ClN2O/c1-12-6-3-4-9-16(12)20-17(21)11-19-13(2)14-7-5-8-15(18)10-14/h3-10,13,19H,11H2,1-2H3,(H,20,21)/t13-/m0/s1. The Morgan fingerprint density at radius 2 is 1.95 bits per heavy atom. The van der Waals surface area contributed by atoms with Crippen molar-refractivity contribution in [3.63, 3.8) is 0 Å². The van der Waals surface area contributed by atoms with Gasteiger partial charge in [-0.15, -0.1) is 0 Å². The van der Waals surface area contributed by atoms with Gasteiger partial charge < -0.3 is 10.6 Å². The molecule has 0 unspecified atom stereocenters. The largest absolute Gasteiger partial charge is 0.325 e. The van der Waals surface area contributed by atoms with Gasteiger partial charge >= 0.3 is 0 Å². The molecule has 0 aliphatic heterocycles. The van der Waals surface area contributed by atoms with Crippen LogP contribution in [-0.2, 0) is 4.79 Å². The maximum atomic E-state index is 12.0. The number of aryl methyl sites for hydroxylation is 1. The first-order valence-corrected chi connectivity index (χ1v) is 7.28. The number of carbonyl (C=O) groups is 1. The van der Waals surface area contributed by atoms with Gasteiger partial charge in [-0.25, -0.2) is 0 Å². The lowest BCUT2D eigenvalue weighted by atomic mass is 10.1. The summed E-state index contributed by atoms with van der Waals surface area (Å²) in [5.41, 5.74) is 2.96. The van der Waals surface area contributed by atoms with Crippen LogP contribution in [0.15, 0.2) is 48.5 Å². The third kappa shape index (κ3) is 4.59. The number of hydrogen-bond acceptors (Lipinski definition) is 2. The quantitative estimate of drug-likeness (QED) is 0.878. The Morgan fingerprint density at radius 3 is 2.67 bits per heavy atom. The number of amides is 1. The van der Waals surface area contributed by atoms with E-state index in [-0.39, 0.29) is 18.5 Å². The molecule has 110 valence electrons. The molecule has 1 amide bonds. The average molecular weight is 303 g/mol. The van der Waals surface area contributed by atoms with Crippen LogP contribution in [0.3, 0.4) is 0 Å². The number of para-hydroxylation sites is 1. The second-order valence-electron chi connectivity index (χ2n) is 5.02. The van der Waals surface area contributed by atoms with Crippen LogP contribution >= 0.6 is 11.6 Å². The third-order valence-corrected chi connectivity index (χ3v) is 3.57. The van der Waals surface area contributed by atoms with Gasteiger partial charge in [-0.2, -0.15) is 0 Å². The van der Waals surface area contributed by atoms with Crippen molar-refractivity contribution in [3.8, 4) is 0 Å². The minimum atomic E-state index is -0.0572. The zero-order chi connectivity index (χ0) is 15.2. The lowest BCUT2D eigenvalue weighted by Crippen LogP contribution is -2.30. The zero-order valence-electron chi connectivity index (χ0n) is 12.2. The maximum absolute atomic E-state index is 12.0. The van der Waals surface area contributed by atoms with E-state index in [1.54, 1.807) is 0 Å². The fraction of sp³-hybridized carbons (Fsp3) is 0.235. The molecule has 0 aromatic heterocycles. The zero-order valence-corrected chi connectivity index (χ0v) is 12.9. The number of rotatable bonds is 5. The van der Waals surface area contributed by atoms with Crippen LogP contribution < -0.4 is 10.6 Å². The molecule has 2 rings (SSSR count). The minimum Gasteiger partial charge on any atom is -0.325 e. The summed E-state index contributed by atoms with van der Waals surface area (Å²) in [6.45, 7) is 4.23. The number of benzene rings is 2. The Balaban J connectivity index is 1.88. The molecular formula is C17H19ClN2O. The highest BCUT2D eigenvalue weighted by atomic mass is 35.5. The van der Waals surface area contributed by atoms with E-state index in [0.717, 1.165) is 16.8 Å². The monoisotopic (exact) mass is 302 g/mol. The van der Waals surface area contributed by atoms with Crippen molar-refractivity contribution in [2.24, 2.45) is 0 Å². The molecule has 0 saturated carbocycles. The molecule has 1 atom stereocenters. The normalized spacial score (nSPS) is 12.0. The van der Waals surface area contributed by atoms with Gasteiger partial charge in [0.05, 0.1) is 6.54 Å². The maximum Gasteiger partial charge on any atom is 0.238 e. The van der Waals surface area contributed by atoms with Gasteiger partial charge in [0.15, 0.2) is 0 Å². The molecule has 0 spiro atoms.